The van der Waals surface area contributed by atoms with Crippen LogP contribution in [0.1, 0.15) is 12.5 Å². The van der Waals surface area contributed by atoms with Gasteiger partial charge >= 0.3 is 0 Å². The smallest absolute Gasteiger partial charge is 0.271 e. The number of carbonyl (C=O) groups is 1. The molecule has 0 saturated heterocycles. The molecule has 1 aromatic rings. The van der Waals surface area contributed by atoms with Gasteiger partial charge in [0.25, 0.3) is 5.69 Å². The molecule has 1 N–H and O–H groups in total. The number of methoxy groups -OCH3 is 1. The van der Waals surface area contributed by atoms with Crippen LogP contribution in [0.3, 0.4) is 0 Å². The Kier molecular flexibility index (Phi) is 6.67. The van der Waals surface area contributed by atoms with Crippen molar-refractivity contribution in [3.63, 3.8) is 0 Å². The number of ether oxygens (including phenoxy) is 1. The molecule has 1 aromatic carbocycles. The standard InChI is InChI=1S/C14H21N3O6S/c1-10-5-6-12(17(19)20)7-13(10)16(24(4,21)22)8-14(18)15-11(2)9-23-3/h5-7,11H,8-9H2,1-4H3,(H,15,18)/t11-/m1/s1. The summed E-state index contributed by atoms with van der Waals surface area (Å²) < 4.78 is 29.9. The molecule has 0 saturated carbocycles. The Hall–Kier alpha value is -2.20. The van der Waals surface area contributed by atoms with Gasteiger partial charge in [0.15, 0.2) is 0 Å². The first-order valence-corrected chi connectivity index (χ1v) is 8.92. The number of hydrogen-bond donors (Lipinski definition) is 1. The summed E-state index contributed by atoms with van der Waals surface area (Å²) in [5.74, 6) is -0.532. The minimum Gasteiger partial charge on any atom is -0.383 e. The lowest BCUT2D eigenvalue weighted by Crippen LogP contribution is -2.44. The number of aryl methyl sites for hydroxylation is 1. The van der Waals surface area contributed by atoms with Crippen molar-refractivity contribution in [3.8, 4) is 0 Å². The summed E-state index contributed by atoms with van der Waals surface area (Å²) in [6.07, 6.45) is 0.942. The maximum absolute atomic E-state index is 12.1. The molecule has 0 bridgehead atoms. The Labute approximate surface area is 140 Å². The molecule has 0 unspecified atom stereocenters. The van der Waals surface area contributed by atoms with Crippen molar-refractivity contribution in [2.75, 3.05) is 30.8 Å². The summed E-state index contributed by atoms with van der Waals surface area (Å²) in [5, 5.41) is 13.5. The number of nitro benzene ring substituents is 1. The van der Waals surface area contributed by atoms with Crippen LogP contribution in [0.4, 0.5) is 11.4 Å². The summed E-state index contributed by atoms with van der Waals surface area (Å²) >= 11 is 0. The molecule has 0 aliphatic rings. The molecule has 0 fully saturated rings. The van der Waals surface area contributed by atoms with E-state index in [1.54, 1.807) is 13.8 Å². The molecule has 1 rings (SSSR count). The second-order valence-corrected chi connectivity index (χ2v) is 7.33. The normalized spacial score (nSPS) is 12.5. The van der Waals surface area contributed by atoms with E-state index in [2.05, 4.69) is 5.32 Å². The lowest BCUT2D eigenvalue weighted by atomic mass is 10.2. The molecule has 0 radical (unpaired) electrons. The van der Waals surface area contributed by atoms with Crippen LogP contribution >= 0.6 is 0 Å². The Morgan fingerprint density at radius 1 is 1.46 bits per heavy atom. The van der Waals surface area contributed by atoms with Gasteiger partial charge in [-0.3, -0.25) is 19.2 Å². The second-order valence-electron chi connectivity index (χ2n) is 5.42. The molecule has 1 atom stereocenters. The molecule has 0 spiro atoms. The number of nitrogens with zero attached hydrogens (tertiary/aromatic N) is 2. The fourth-order valence-electron chi connectivity index (χ4n) is 2.10. The molecule has 0 aliphatic heterocycles. The molecule has 10 heteroatoms. The number of carbonyl (C=O) groups excluding carboxylic acids is 1. The number of benzene rings is 1. The third kappa shape index (κ3) is 5.46. The first-order chi connectivity index (χ1) is 11.1. The van der Waals surface area contributed by atoms with Crippen LogP contribution in [0.5, 0.6) is 0 Å². The molecule has 1 amide bonds. The number of rotatable bonds is 8. The van der Waals surface area contributed by atoms with E-state index in [9.17, 15) is 23.3 Å². The number of nitrogens with one attached hydrogen (secondary N) is 1. The van der Waals surface area contributed by atoms with Gasteiger partial charge in [-0.25, -0.2) is 8.42 Å². The average Bonchev–Trinajstić information content (AvgIpc) is 2.44. The summed E-state index contributed by atoms with van der Waals surface area (Å²) in [5.41, 5.74) is 0.349. The second kappa shape index (κ2) is 8.06. The largest absolute Gasteiger partial charge is 0.383 e. The molecular weight excluding hydrogens is 338 g/mol. The summed E-state index contributed by atoms with van der Waals surface area (Å²) in [6, 6.07) is 3.56. The highest BCUT2D eigenvalue weighted by Crippen LogP contribution is 2.27. The van der Waals surface area contributed by atoms with E-state index in [4.69, 9.17) is 4.74 Å². The van der Waals surface area contributed by atoms with E-state index >= 15 is 0 Å². The summed E-state index contributed by atoms with van der Waals surface area (Å²) in [7, 11) is -2.32. The Bertz CT molecular complexity index is 719. The van der Waals surface area contributed by atoms with Crippen LogP contribution in [0.25, 0.3) is 0 Å². The Balaban J connectivity index is 3.14. The lowest BCUT2D eigenvalue weighted by molar-refractivity contribution is -0.384. The van der Waals surface area contributed by atoms with E-state index in [0.29, 0.717) is 5.56 Å². The van der Waals surface area contributed by atoms with Crippen molar-refractivity contribution in [3.05, 3.63) is 33.9 Å². The average molecular weight is 359 g/mol. The number of hydrogen-bond acceptors (Lipinski definition) is 6. The van der Waals surface area contributed by atoms with Crippen molar-refractivity contribution < 1.29 is 22.9 Å². The third-order valence-corrected chi connectivity index (χ3v) is 4.31. The highest BCUT2D eigenvalue weighted by molar-refractivity contribution is 7.92. The number of anilines is 1. The van der Waals surface area contributed by atoms with E-state index in [-0.39, 0.29) is 24.0 Å². The van der Waals surface area contributed by atoms with Crippen LogP contribution in [0.15, 0.2) is 18.2 Å². The van der Waals surface area contributed by atoms with Gasteiger partial charge in [-0.15, -0.1) is 0 Å². The van der Waals surface area contributed by atoms with Gasteiger partial charge in [0.05, 0.1) is 23.5 Å². The molecule has 134 valence electrons. The summed E-state index contributed by atoms with van der Waals surface area (Å²) in [6.45, 7) is 3.13. The fourth-order valence-corrected chi connectivity index (χ4v) is 3.01. The van der Waals surface area contributed by atoms with Crippen LogP contribution in [0, 0.1) is 17.0 Å². The first-order valence-electron chi connectivity index (χ1n) is 7.07. The van der Waals surface area contributed by atoms with E-state index < -0.39 is 27.4 Å². The monoisotopic (exact) mass is 359 g/mol. The molecular formula is C14H21N3O6S. The van der Waals surface area contributed by atoms with Crippen molar-refractivity contribution in [1.82, 2.24) is 5.32 Å². The third-order valence-electron chi connectivity index (χ3n) is 3.18. The van der Waals surface area contributed by atoms with Gasteiger partial charge in [0.1, 0.15) is 6.54 Å². The van der Waals surface area contributed by atoms with Crippen molar-refractivity contribution >= 4 is 27.3 Å². The molecule has 9 nitrogen and oxygen atoms in total. The van der Waals surface area contributed by atoms with E-state index in [1.807, 2.05) is 0 Å². The fraction of sp³-hybridized carbons (Fsp3) is 0.500. The maximum Gasteiger partial charge on any atom is 0.271 e. The zero-order valence-electron chi connectivity index (χ0n) is 14.0. The van der Waals surface area contributed by atoms with Crippen LogP contribution < -0.4 is 9.62 Å². The van der Waals surface area contributed by atoms with Crippen LogP contribution in [-0.4, -0.2) is 51.8 Å². The van der Waals surface area contributed by atoms with Crippen molar-refractivity contribution in [1.29, 1.82) is 0 Å². The predicted octanol–water partition coefficient (Wildman–Crippen LogP) is 0.820. The highest BCUT2D eigenvalue weighted by atomic mass is 32.2. The Morgan fingerprint density at radius 3 is 2.58 bits per heavy atom. The van der Waals surface area contributed by atoms with E-state index in [1.165, 1.54) is 19.2 Å². The quantitative estimate of drug-likeness (QED) is 0.542. The van der Waals surface area contributed by atoms with Gasteiger partial charge in [-0.1, -0.05) is 6.07 Å². The highest BCUT2D eigenvalue weighted by Gasteiger charge is 2.24. The van der Waals surface area contributed by atoms with Gasteiger partial charge in [-0.05, 0) is 19.4 Å². The molecule has 24 heavy (non-hydrogen) atoms. The first kappa shape index (κ1) is 19.8. The maximum atomic E-state index is 12.1. The lowest BCUT2D eigenvalue weighted by Gasteiger charge is -2.24. The van der Waals surface area contributed by atoms with Gasteiger partial charge < -0.3 is 10.1 Å². The summed E-state index contributed by atoms with van der Waals surface area (Å²) in [4.78, 5) is 22.4. The zero-order chi connectivity index (χ0) is 18.5. The number of nitro groups is 1. The van der Waals surface area contributed by atoms with Crippen molar-refractivity contribution in [2.45, 2.75) is 19.9 Å². The van der Waals surface area contributed by atoms with E-state index in [0.717, 1.165) is 16.6 Å². The topological polar surface area (TPSA) is 119 Å². The predicted molar refractivity (Wildman–Crippen MR) is 89.5 cm³/mol. The van der Waals surface area contributed by atoms with Crippen LogP contribution in [0.2, 0.25) is 0 Å². The molecule has 0 heterocycles. The Morgan fingerprint density at radius 2 is 2.08 bits per heavy atom. The van der Waals surface area contributed by atoms with Gasteiger partial charge in [0.2, 0.25) is 15.9 Å². The van der Waals surface area contributed by atoms with Gasteiger partial charge in [0, 0.05) is 25.3 Å². The SMILES string of the molecule is COC[C@@H](C)NC(=O)CN(c1cc([N+](=O)[O-])ccc1C)S(C)(=O)=O. The number of amides is 1. The minimum absolute atomic E-state index is 0.0984. The van der Waals surface area contributed by atoms with Crippen LogP contribution in [-0.2, 0) is 19.6 Å². The van der Waals surface area contributed by atoms with Gasteiger partial charge in [-0.2, -0.15) is 0 Å². The number of sulfonamides is 1. The zero-order valence-corrected chi connectivity index (χ0v) is 14.8. The minimum atomic E-state index is -3.81. The number of non-ortho nitro benzene ring substituents is 1. The molecule has 0 aliphatic carbocycles. The molecule has 0 aromatic heterocycles. The van der Waals surface area contributed by atoms with Crippen molar-refractivity contribution in [2.24, 2.45) is 0 Å².